The third kappa shape index (κ3) is 3.16. The fourth-order valence-corrected chi connectivity index (χ4v) is 2.89. The minimum Gasteiger partial charge on any atom is -0.334 e. The van der Waals surface area contributed by atoms with E-state index >= 15 is 0 Å². The van der Waals surface area contributed by atoms with Crippen LogP contribution < -0.4 is 0 Å². The Morgan fingerprint density at radius 3 is 2.65 bits per heavy atom. The zero-order valence-corrected chi connectivity index (χ0v) is 12.3. The highest BCUT2D eigenvalue weighted by molar-refractivity contribution is 7.16. The van der Waals surface area contributed by atoms with Crippen molar-refractivity contribution < 1.29 is 13.6 Å². The van der Waals surface area contributed by atoms with Crippen molar-refractivity contribution in [2.45, 2.75) is 13.5 Å². The zero-order valence-electron chi connectivity index (χ0n) is 10.7. The van der Waals surface area contributed by atoms with E-state index < -0.39 is 17.5 Å². The molecule has 1 heterocycles. The highest BCUT2D eigenvalue weighted by Gasteiger charge is 2.20. The van der Waals surface area contributed by atoms with Crippen molar-refractivity contribution in [3.05, 3.63) is 56.7 Å². The van der Waals surface area contributed by atoms with Gasteiger partial charge in [0.1, 0.15) is 0 Å². The molecule has 0 bridgehead atoms. The molecule has 0 N–H and O–H groups in total. The van der Waals surface area contributed by atoms with Crippen LogP contribution >= 0.6 is 22.9 Å². The van der Waals surface area contributed by atoms with Gasteiger partial charge in [-0.25, -0.2) is 8.78 Å². The van der Waals surface area contributed by atoms with Crippen molar-refractivity contribution in [3.63, 3.8) is 0 Å². The van der Waals surface area contributed by atoms with E-state index in [0.29, 0.717) is 17.4 Å². The molecule has 2 rings (SSSR count). The number of benzene rings is 1. The second-order valence-electron chi connectivity index (χ2n) is 4.13. The van der Waals surface area contributed by atoms with Gasteiger partial charge in [-0.15, -0.1) is 11.3 Å². The van der Waals surface area contributed by atoms with E-state index in [9.17, 15) is 13.6 Å². The molecule has 6 heteroatoms. The molecule has 1 amide bonds. The summed E-state index contributed by atoms with van der Waals surface area (Å²) in [6, 6.07) is 7.14. The summed E-state index contributed by atoms with van der Waals surface area (Å²) in [5, 5.41) is 0. The molecular weight excluding hydrogens is 304 g/mol. The number of carbonyl (C=O) groups is 1. The molecule has 0 radical (unpaired) electrons. The monoisotopic (exact) mass is 315 g/mol. The molecule has 0 saturated carbocycles. The first-order valence-corrected chi connectivity index (χ1v) is 7.20. The fraction of sp³-hybridized carbons (Fsp3) is 0.214. The molecule has 0 aliphatic carbocycles. The molecule has 2 aromatic rings. The molecule has 20 heavy (non-hydrogen) atoms. The quantitative estimate of drug-likeness (QED) is 0.821. The number of hydrogen-bond acceptors (Lipinski definition) is 2. The predicted octanol–water partition coefficient (Wildman–Crippen LogP) is 4.34. The van der Waals surface area contributed by atoms with Gasteiger partial charge in [-0.2, -0.15) is 0 Å². The first-order chi connectivity index (χ1) is 9.52. The lowest BCUT2D eigenvalue weighted by Gasteiger charge is -2.20. The van der Waals surface area contributed by atoms with E-state index in [1.54, 1.807) is 13.0 Å². The lowest BCUT2D eigenvalue weighted by Crippen LogP contribution is -2.30. The van der Waals surface area contributed by atoms with Gasteiger partial charge in [0.05, 0.1) is 16.4 Å². The Morgan fingerprint density at radius 1 is 1.30 bits per heavy atom. The summed E-state index contributed by atoms with van der Waals surface area (Å²) >= 11 is 7.19. The second-order valence-corrected chi connectivity index (χ2v) is 5.93. The predicted molar refractivity (Wildman–Crippen MR) is 76.1 cm³/mol. The Hall–Kier alpha value is -1.46. The van der Waals surface area contributed by atoms with Gasteiger partial charge in [0, 0.05) is 11.4 Å². The molecule has 0 aliphatic rings. The van der Waals surface area contributed by atoms with Crippen LogP contribution in [-0.2, 0) is 6.54 Å². The van der Waals surface area contributed by atoms with Crippen molar-refractivity contribution in [2.75, 3.05) is 6.54 Å². The maximum atomic E-state index is 13.7. The number of nitrogens with zero attached hydrogens (tertiary/aromatic N) is 1. The van der Waals surface area contributed by atoms with E-state index in [-0.39, 0.29) is 5.56 Å². The highest BCUT2D eigenvalue weighted by atomic mass is 35.5. The van der Waals surface area contributed by atoms with Gasteiger partial charge in [0.2, 0.25) is 0 Å². The van der Waals surface area contributed by atoms with E-state index in [1.165, 1.54) is 28.4 Å². The van der Waals surface area contributed by atoms with Crippen molar-refractivity contribution in [2.24, 2.45) is 0 Å². The molecule has 1 aromatic heterocycles. The first-order valence-electron chi connectivity index (χ1n) is 6.00. The Labute approximate surface area is 124 Å². The van der Waals surface area contributed by atoms with Crippen LogP contribution in [0.5, 0.6) is 0 Å². The average Bonchev–Trinajstić information content (AvgIpc) is 2.84. The van der Waals surface area contributed by atoms with E-state index in [2.05, 4.69) is 0 Å². The van der Waals surface area contributed by atoms with Crippen molar-refractivity contribution in [1.29, 1.82) is 0 Å². The van der Waals surface area contributed by atoms with Crippen LogP contribution in [0.4, 0.5) is 8.78 Å². The van der Waals surface area contributed by atoms with Crippen LogP contribution in [-0.4, -0.2) is 17.4 Å². The topological polar surface area (TPSA) is 20.3 Å². The van der Waals surface area contributed by atoms with Crippen LogP contribution in [0.3, 0.4) is 0 Å². The number of hydrogen-bond donors (Lipinski definition) is 0. The van der Waals surface area contributed by atoms with Crippen LogP contribution in [0, 0.1) is 11.6 Å². The van der Waals surface area contributed by atoms with Crippen molar-refractivity contribution in [3.8, 4) is 0 Å². The van der Waals surface area contributed by atoms with Crippen LogP contribution in [0.25, 0.3) is 0 Å². The number of halogens is 3. The van der Waals surface area contributed by atoms with Gasteiger partial charge in [-0.1, -0.05) is 17.7 Å². The normalized spacial score (nSPS) is 10.6. The van der Waals surface area contributed by atoms with Gasteiger partial charge in [0.15, 0.2) is 11.6 Å². The van der Waals surface area contributed by atoms with Crippen molar-refractivity contribution in [1.82, 2.24) is 4.90 Å². The molecule has 0 unspecified atom stereocenters. The Kier molecular flexibility index (Phi) is 4.73. The Bertz CT molecular complexity index is 629. The lowest BCUT2D eigenvalue weighted by molar-refractivity contribution is 0.0748. The molecule has 0 aliphatic heterocycles. The largest absolute Gasteiger partial charge is 0.334 e. The smallest absolute Gasteiger partial charge is 0.257 e. The van der Waals surface area contributed by atoms with Gasteiger partial charge in [-0.3, -0.25) is 4.79 Å². The summed E-state index contributed by atoms with van der Waals surface area (Å²) in [6.07, 6.45) is 0. The summed E-state index contributed by atoms with van der Waals surface area (Å²) in [5.41, 5.74) is -0.255. The molecule has 0 spiro atoms. The molecule has 0 fully saturated rings. The molecule has 0 saturated heterocycles. The first kappa shape index (κ1) is 14.9. The lowest BCUT2D eigenvalue weighted by atomic mass is 10.1. The molecule has 1 aromatic carbocycles. The summed E-state index contributed by atoms with van der Waals surface area (Å²) < 4.78 is 27.5. The average molecular weight is 316 g/mol. The standard InChI is InChI=1S/C14H12ClF2NOS/c1-2-18(8-9-6-7-12(15)20-9)14(19)10-4-3-5-11(16)13(10)17/h3-7H,2,8H2,1H3. The summed E-state index contributed by atoms with van der Waals surface area (Å²) in [5.74, 6) is -2.67. The van der Waals surface area contributed by atoms with E-state index in [0.717, 1.165) is 10.9 Å². The number of rotatable bonds is 4. The summed E-state index contributed by atoms with van der Waals surface area (Å²) in [7, 11) is 0. The van der Waals surface area contributed by atoms with Gasteiger partial charge in [0.25, 0.3) is 5.91 Å². The van der Waals surface area contributed by atoms with Crippen molar-refractivity contribution >= 4 is 28.8 Å². The van der Waals surface area contributed by atoms with Crippen LogP contribution in [0.2, 0.25) is 4.34 Å². The van der Waals surface area contributed by atoms with Gasteiger partial charge < -0.3 is 4.90 Å². The molecule has 106 valence electrons. The SMILES string of the molecule is CCN(Cc1ccc(Cl)s1)C(=O)c1cccc(F)c1F. The minimum absolute atomic E-state index is 0.255. The highest BCUT2D eigenvalue weighted by Crippen LogP contribution is 2.23. The molecule has 2 nitrogen and oxygen atoms in total. The fourth-order valence-electron chi connectivity index (χ4n) is 1.79. The molecular formula is C14H12ClF2NOS. The van der Waals surface area contributed by atoms with E-state index in [4.69, 9.17) is 11.6 Å². The third-order valence-corrected chi connectivity index (χ3v) is 4.04. The Balaban J connectivity index is 2.23. The van der Waals surface area contributed by atoms with Crippen LogP contribution in [0.15, 0.2) is 30.3 Å². The van der Waals surface area contributed by atoms with Crippen LogP contribution in [0.1, 0.15) is 22.2 Å². The zero-order chi connectivity index (χ0) is 14.7. The Morgan fingerprint density at radius 2 is 2.05 bits per heavy atom. The number of amides is 1. The van der Waals surface area contributed by atoms with E-state index in [1.807, 2.05) is 6.07 Å². The number of carbonyl (C=O) groups excluding carboxylic acids is 1. The maximum Gasteiger partial charge on any atom is 0.257 e. The second kappa shape index (κ2) is 6.33. The third-order valence-electron chi connectivity index (χ3n) is 2.83. The number of thiophene rings is 1. The van der Waals surface area contributed by atoms with Gasteiger partial charge >= 0.3 is 0 Å². The summed E-state index contributed by atoms with van der Waals surface area (Å²) in [4.78, 5) is 14.6. The molecule has 0 atom stereocenters. The minimum atomic E-state index is -1.11. The maximum absolute atomic E-state index is 13.7. The van der Waals surface area contributed by atoms with Gasteiger partial charge in [-0.05, 0) is 31.2 Å². The summed E-state index contributed by atoms with van der Waals surface area (Å²) in [6.45, 7) is 2.50.